The number of nitrogens with zero attached hydrogens (tertiary/aromatic N) is 2. The molecule has 16 heavy (non-hydrogen) atoms. The van der Waals surface area contributed by atoms with Crippen molar-refractivity contribution in [3.63, 3.8) is 0 Å². The third-order valence-electron chi connectivity index (χ3n) is 2.99. The molecule has 3 nitrogen and oxygen atoms in total. The van der Waals surface area contributed by atoms with E-state index in [9.17, 15) is 0 Å². The number of pyridine rings is 1. The summed E-state index contributed by atoms with van der Waals surface area (Å²) < 4.78 is 8.93. The summed E-state index contributed by atoms with van der Waals surface area (Å²) in [4.78, 5) is 4.45. The third-order valence-corrected chi connectivity index (χ3v) is 3.42. The molecule has 1 fully saturated rings. The van der Waals surface area contributed by atoms with E-state index >= 15 is 0 Å². The highest BCUT2D eigenvalue weighted by atomic mass is 79.9. The molecule has 0 N–H and O–H groups in total. The largest absolute Gasteiger partial charge is 0.358 e. The molecule has 0 aromatic carbocycles. The van der Waals surface area contributed by atoms with Gasteiger partial charge in [-0.1, -0.05) is 0 Å². The normalized spacial score (nSPS) is 21.4. The third kappa shape index (κ3) is 1.76. The maximum atomic E-state index is 5.77. The van der Waals surface area contributed by atoms with Crippen LogP contribution < -0.4 is 0 Å². The van der Waals surface area contributed by atoms with Crippen LogP contribution in [0, 0.1) is 0 Å². The highest BCUT2D eigenvalue weighted by Crippen LogP contribution is 2.27. The van der Waals surface area contributed by atoms with Gasteiger partial charge in [0.25, 0.3) is 0 Å². The average Bonchev–Trinajstić information content (AvgIpc) is 2.73. The first kappa shape index (κ1) is 10.3. The zero-order chi connectivity index (χ0) is 11.0. The van der Waals surface area contributed by atoms with Crippen molar-refractivity contribution in [2.24, 2.45) is 0 Å². The Morgan fingerprint density at radius 2 is 2.38 bits per heavy atom. The molecule has 0 spiro atoms. The number of hydrogen-bond donors (Lipinski definition) is 0. The predicted molar refractivity (Wildman–Crippen MR) is 66.3 cm³/mol. The van der Waals surface area contributed by atoms with Gasteiger partial charge >= 0.3 is 0 Å². The summed E-state index contributed by atoms with van der Waals surface area (Å²) in [5.41, 5.74) is 1.01. The highest BCUT2D eigenvalue weighted by molar-refractivity contribution is 9.10. The van der Waals surface area contributed by atoms with Crippen LogP contribution in [0.5, 0.6) is 0 Å². The fourth-order valence-electron chi connectivity index (χ4n) is 2.19. The molecule has 1 saturated heterocycles. The van der Waals surface area contributed by atoms with E-state index in [1.165, 1.54) is 12.8 Å². The molecular formula is C12H13BrN2O. The van der Waals surface area contributed by atoms with E-state index in [0.717, 1.165) is 28.5 Å². The first-order valence-electron chi connectivity index (χ1n) is 5.58. The van der Waals surface area contributed by atoms with Crippen LogP contribution in [0.3, 0.4) is 0 Å². The lowest BCUT2D eigenvalue weighted by Gasteiger charge is -2.24. The smallest absolute Gasteiger partial charge is 0.142 e. The van der Waals surface area contributed by atoms with Crippen molar-refractivity contribution >= 4 is 27.0 Å². The van der Waals surface area contributed by atoms with Crippen molar-refractivity contribution in [2.45, 2.75) is 25.5 Å². The zero-order valence-electron chi connectivity index (χ0n) is 8.90. The number of fused-ring (bicyclic) bond motifs is 1. The average molecular weight is 281 g/mol. The summed E-state index contributed by atoms with van der Waals surface area (Å²) in [5.74, 6) is 0. The van der Waals surface area contributed by atoms with Crippen molar-refractivity contribution in [3.05, 3.63) is 29.0 Å². The quantitative estimate of drug-likeness (QED) is 0.800. The van der Waals surface area contributed by atoms with Crippen LogP contribution in [0.15, 0.2) is 29.0 Å². The Labute approximate surface area is 103 Å². The van der Waals surface area contributed by atoms with Gasteiger partial charge in [-0.2, -0.15) is 0 Å². The molecule has 1 aliphatic rings. The maximum Gasteiger partial charge on any atom is 0.142 e. The molecule has 0 aliphatic carbocycles. The minimum absolute atomic E-state index is 0.167. The molecule has 4 heteroatoms. The minimum Gasteiger partial charge on any atom is -0.358 e. The van der Waals surface area contributed by atoms with Crippen LogP contribution in [0.2, 0.25) is 0 Å². The van der Waals surface area contributed by atoms with E-state index in [1.54, 1.807) is 0 Å². The maximum absolute atomic E-state index is 5.77. The van der Waals surface area contributed by atoms with Gasteiger partial charge in [-0.3, -0.25) is 0 Å². The molecule has 0 amide bonds. The van der Waals surface area contributed by atoms with Gasteiger partial charge in [0, 0.05) is 28.9 Å². The lowest BCUT2D eigenvalue weighted by Crippen LogP contribution is -2.17. The monoisotopic (exact) mass is 280 g/mol. The van der Waals surface area contributed by atoms with E-state index in [-0.39, 0.29) is 6.23 Å². The molecule has 0 saturated carbocycles. The number of ether oxygens (including phenoxy) is 1. The number of halogens is 1. The standard InChI is InChI=1S/C12H13BrN2O/c13-10-7-9-4-5-15(12(9)14-8-10)11-3-1-2-6-16-11/h4-5,7-8,11H,1-3,6H2/t11-/m1/s1. The van der Waals surface area contributed by atoms with E-state index in [1.807, 2.05) is 6.20 Å². The van der Waals surface area contributed by atoms with Crippen molar-refractivity contribution in [1.82, 2.24) is 9.55 Å². The van der Waals surface area contributed by atoms with Gasteiger partial charge in [0.05, 0.1) is 0 Å². The number of aromatic nitrogens is 2. The van der Waals surface area contributed by atoms with E-state index in [0.29, 0.717) is 0 Å². The van der Waals surface area contributed by atoms with E-state index < -0.39 is 0 Å². The molecule has 2 aromatic rings. The first-order chi connectivity index (χ1) is 7.84. The fourth-order valence-corrected chi connectivity index (χ4v) is 2.54. The van der Waals surface area contributed by atoms with Crippen LogP contribution >= 0.6 is 15.9 Å². The lowest BCUT2D eigenvalue weighted by atomic mass is 10.2. The van der Waals surface area contributed by atoms with E-state index in [2.05, 4.69) is 43.8 Å². The SMILES string of the molecule is Brc1cnc2c(ccn2[C@H]2CCCCO2)c1. The summed E-state index contributed by atoms with van der Waals surface area (Å²) >= 11 is 3.43. The van der Waals surface area contributed by atoms with Crippen molar-refractivity contribution in [1.29, 1.82) is 0 Å². The van der Waals surface area contributed by atoms with Gasteiger partial charge in [-0.05, 0) is 47.3 Å². The number of rotatable bonds is 1. The van der Waals surface area contributed by atoms with Gasteiger partial charge in [0.15, 0.2) is 0 Å². The lowest BCUT2D eigenvalue weighted by molar-refractivity contribution is -0.0294. The second-order valence-corrected chi connectivity index (χ2v) is 5.03. The van der Waals surface area contributed by atoms with Gasteiger partial charge < -0.3 is 9.30 Å². The molecule has 0 radical (unpaired) electrons. The van der Waals surface area contributed by atoms with Crippen LogP contribution in [0.1, 0.15) is 25.5 Å². The summed E-state index contributed by atoms with van der Waals surface area (Å²) in [6.45, 7) is 0.862. The summed E-state index contributed by atoms with van der Waals surface area (Å²) in [6.07, 6.45) is 7.57. The van der Waals surface area contributed by atoms with E-state index in [4.69, 9.17) is 4.74 Å². The predicted octanol–water partition coefficient (Wildman–Crippen LogP) is 3.50. The van der Waals surface area contributed by atoms with Crippen LogP contribution in [-0.4, -0.2) is 16.2 Å². The molecule has 0 bridgehead atoms. The van der Waals surface area contributed by atoms with Gasteiger partial charge in [-0.15, -0.1) is 0 Å². The van der Waals surface area contributed by atoms with Crippen molar-refractivity contribution < 1.29 is 4.74 Å². The fraction of sp³-hybridized carbons (Fsp3) is 0.417. The Kier molecular flexibility index (Phi) is 2.69. The Morgan fingerprint density at radius 1 is 1.44 bits per heavy atom. The highest BCUT2D eigenvalue weighted by Gasteiger charge is 2.17. The molecular weight excluding hydrogens is 268 g/mol. The summed E-state index contributed by atoms with van der Waals surface area (Å²) in [5, 5.41) is 1.16. The topological polar surface area (TPSA) is 27.1 Å². The van der Waals surface area contributed by atoms with Crippen LogP contribution in [-0.2, 0) is 4.74 Å². The van der Waals surface area contributed by atoms with Crippen molar-refractivity contribution in [2.75, 3.05) is 6.61 Å². The van der Waals surface area contributed by atoms with Gasteiger partial charge in [-0.25, -0.2) is 4.98 Å². The molecule has 1 aliphatic heterocycles. The molecule has 2 aromatic heterocycles. The Hall–Kier alpha value is -0.870. The van der Waals surface area contributed by atoms with Crippen LogP contribution in [0.25, 0.3) is 11.0 Å². The second kappa shape index (κ2) is 4.18. The van der Waals surface area contributed by atoms with Crippen LogP contribution in [0.4, 0.5) is 0 Å². The second-order valence-electron chi connectivity index (χ2n) is 4.11. The Morgan fingerprint density at radius 3 is 3.19 bits per heavy atom. The molecule has 3 rings (SSSR count). The van der Waals surface area contributed by atoms with Gasteiger partial charge in [0.2, 0.25) is 0 Å². The Bertz CT molecular complexity index is 503. The number of hydrogen-bond acceptors (Lipinski definition) is 2. The molecule has 1 atom stereocenters. The molecule has 0 unspecified atom stereocenters. The first-order valence-corrected chi connectivity index (χ1v) is 6.37. The molecule has 84 valence electrons. The zero-order valence-corrected chi connectivity index (χ0v) is 10.5. The summed E-state index contributed by atoms with van der Waals surface area (Å²) in [7, 11) is 0. The summed E-state index contributed by atoms with van der Waals surface area (Å²) in [6, 6.07) is 4.17. The Balaban J connectivity index is 2.03. The van der Waals surface area contributed by atoms with Crippen molar-refractivity contribution in [3.8, 4) is 0 Å². The minimum atomic E-state index is 0.167. The van der Waals surface area contributed by atoms with Gasteiger partial charge in [0.1, 0.15) is 11.9 Å². The molecule has 3 heterocycles.